The molecule has 0 radical (unpaired) electrons. The van der Waals surface area contributed by atoms with Crippen LogP contribution in [0.15, 0.2) is 65.3 Å². The molecule has 4 aromatic rings. The third-order valence-corrected chi connectivity index (χ3v) is 5.01. The standard InChI is InChI=1S/C20H13Cl3N4O2/c21-13-7-8-14(16(23)10-13)19(28)27-20(24-11-12-4-1-2-5-15(12)22)25-18(26-27)17-6-3-9-29-17/h1-10H,11H2,(H,24,25,26). The van der Waals surface area contributed by atoms with Gasteiger partial charge in [-0.25, -0.2) is 0 Å². The molecule has 2 aromatic heterocycles. The molecule has 0 saturated heterocycles. The lowest BCUT2D eigenvalue weighted by atomic mass is 10.2. The van der Waals surface area contributed by atoms with Crippen LogP contribution in [0, 0.1) is 0 Å². The normalized spacial score (nSPS) is 10.9. The summed E-state index contributed by atoms with van der Waals surface area (Å²) in [6.45, 7) is 0.345. The van der Waals surface area contributed by atoms with E-state index in [1.54, 1.807) is 30.3 Å². The smallest absolute Gasteiger partial charge is 0.282 e. The molecule has 2 heterocycles. The second-order valence-corrected chi connectivity index (χ2v) is 7.27. The van der Waals surface area contributed by atoms with Gasteiger partial charge < -0.3 is 9.73 Å². The van der Waals surface area contributed by atoms with Gasteiger partial charge in [0.25, 0.3) is 5.91 Å². The maximum atomic E-state index is 13.1. The highest BCUT2D eigenvalue weighted by molar-refractivity contribution is 6.36. The van der Waals surface area contributed by atoms with Gasteiger partial charge in [-0.15, -0.1) is 5.10 Å². The lowest BCUT2D eigenvalue weighted by molar-refractivity contribution is 0.0947. The summed E-state index contributed by atoms with van der Waals surface area (Å²) >= 11 is 18.4. The van der Waals surface area contributed by atoms with Crippen molar-refractivity contribution in [1.82, 2.24) is 14.8 Å². The van der Waals surface area contributed by atoms with Crippen LogP contribution >= 0.6 is 34.8 Å². The summed E-state index contributed by atoms with van der Waals surface area (Å²) in [5, 5.41) is 8.66. The van der Waals surface area contributed by atoms with E-state index in [4.69, 9.17) is 39.2 Å². The van der Waals surface area contributed by atoms with Gasteiger partial charge in [0.2, 0.25) is 11.8 Å². The van der Waals surface area contributed by atoms with Crippen molar-refractivity contribution >= 4 is 46.7 Å². The molecule has 0 spiro atoms. The maximum absolute atomic E-state index is 13.1. The van der Waals surface area contributed by atoms with Gasteiger partial charge in [-0.05, 0) is 42.0 Å². The Morgan fingerprint density at radius 3 is 2.59 bits per heavy atom. The van der Waals surface area contributed by atoms with Crippen molar-refractivity contribution < 1.29 is 9.21 Å². The number of hydrogen-bond donors (Lipinski definition) is 1. The van der Waals surface area contributed by atoms with Crippen molar-refractivity contribution in [3.05, 3.63) is 87.1 Å². The summed E-state index contributed by atoms with van der Waals surface area (Å²) in [5.41, 5.74) is 1.09. The molecule has 29 heavy (non-hydrogen) atoms. The first-order chi connectivity index (χ1) is 14.0. The third-order valence-electron chi connectivity index (χ3n) is 4.10. The van der Waals surface area contributed by atoms with Gasteiger partial charge in [0.15, 0.2) is 5.76 Å². The van der Waals surface area contributed by atoms with E-state index in [2.05, 4.69) is 15.4 Å². The van der Waals surface area contributed by atoms with E-state index in [-0.39, 0.29) is 22.4 Å². The van der Waals surface area contributed by atoms with E-state index < -0.39 is 5.91 Å². The van der Waals surface area contributed by atoms with E-state index in [1.165, 1.54) is 12.3 Å². The lowest BCUT2D eigenvalue weighted by Gasteiger charge is -2.09. The van der Waals surface area contributed by atoms with Crippen LogP contribution in [0.4, 0.5) is 5.95 Å². The van der Waals surface area contributed by atoms with Crippen LogP contribution in [0.25, 0.3) is 11.6 Å². The number of carbonyl (C=O) groups excluding carboxylic acids is 1. The number of rotatable bonds is 5. The molecule has 4 rings (SSSR count). The summed E-state index contributed by atoms with van der Waals surface area (Å²) in [6, 6.07) is 15.4. The summed E-state index contributed by atoms with van der Waals surface area (Å²) in [6.07, 6.45) is 1.50. The Morgan fingerprint density at radius 1 is 1.03 bits per heavy atom. The van der Waals surface area contributed by atoms with E-state index in [0.717, 1.165) is 10.2 Å². The summed E-state index contributed by atoms with van der Waals surface area (Å²) in [4.78, 5) is 17.5. The minimum atomic E-state index is -0.460. The quantitative estimate of drug-likeness (QED) is 0.418. The Kier molecular flexibility index (Phi) is 5.58. The number of furan rings is 1. The molecule has 6 nitrogen and oxygen atoms in total. The number of nitrogens with one attached hydrogen (secondary N) is 1. The zero-order valence-electron chi connectivity index (χ0n) is 14.8. The van der Waals surface area contributed by atoms with E-state index in [1.807, 2.05) is 18.2 Å². The predicted molar refractivity (Wildman–Crippen MR) is 113 cm³/mol. The predicted octanol–water partition coefficient (Wildman–Crippen LogP) is 5.80. The van der Waals surface area contributed by atoms with Gasteiger partial charge in [-0.3, -0.25) is 4.79 Å². The fraction of sp³-hybridized carbons (Fsp3) is 0.0500. The average Bonchev–Trinajstić information content (AvgIpc) is 3.37. The van der Waals surface area contributed by atoms with Gasteiger partial charge in [-0.1, -0.05) is 53.0 Å². The Bertz CT molecular complexity index is 1170. The van der Waals surface area contributed by atoms with Gasteiger partial charge >= 0.3 is 0 Å². The average molecular weight is 448 g/mol. The van der Waals surface area contributed by atoms with Crippen LogP contribution in [0.2, 0.25) is 15.1 Å². The summed E-state index contributed by atoms with van der Waals surface area (Å²) in [7, 11) is 0. The van der Waals surface area contributed by atoms with Crippen LogP contribution in [0.5, 0.6) is 0 Å². The van der Waals surface area contributed by atoms with Crippen molar-refractivity contribution in [1.29, 1.82) is 0 Å². The van der Waals surface area contributed by atoms with Crippen molar-refractivity contribution in [3.8, 4) is 11.6 Å². The Balaban J connectivity index is 1.71. The highest BCUT2D eigenvalue weighted by atomic mass is 35.5. The molecule has 1 N–H and O–H groups in total. The van der Waals surface area contributed by atoms with Crippen molar-refractivity contribution in [2.24, 2.45) is 0 Å². The Labute approximate surface area is 181 Å². The van der Waals surface area contributed by atoms with Crippen LogP contribution in [-0.4, -0.2) is 20.7 Å². The third kappa shape index (κ3) is 4.15. The lowest BCUT2D eigenvalue weighted by Crippen LogP contribution is -2.18. The molecule has 0 saturated carbocycles. The molecule has 0 fully saturated rings. The molecule has 0 aliphatic rings. The van der Waals surface area contributed by atoms with E-state index in [9.17, 15) is 4.79 Å². The fourth-order valence-corrected chi connectivity index (χ4v) is 3.36. The topological polar surface area (TPSA) is 73.0 Å². The second kappa shape index (κ2) is 8.29. The minimum absolute atomic E-state index is 0.217. The zero-order chi connectivity index (χ0) is 20.4. The molecule has 0 aliphatic carbocycles. The SMILES string of the molecule is O=C(c1ccc(Cl)cc1Cl)n1nc(-c2ccco2)nc1NCc1ccccc1Cl. The highest BCUT2D eigenvalue weighted by Crippen LogP contribution is 2.25. The Morgan fingerprint density at radius 2 is 1.86 bits per heavy atom. The molecular weight excluding hydrogens is 435 g/mol. The van der Waals surface area contributed by atoms with E-state index in [0.29, 0.717) is 22.4 Å². The Hall–Kier alpha value is -2.80. The molecule has 0 aliphatic heterocycles. The first kappa shape index (κ1) is 19.5. The largest absolute Gasteiger partial charge is 0.461 e. The number of carbonyl (C=O) groups is 1. The van der Waals surface area contributed by atoms with Crippen molar-refractivity contribution in [2.45, 2.75) is 6.54 Å². The van der Waals surface area contributed by atoms with Crippen LogP contribution in [-0.2, 0) is 6.54 Å². The summed E-state index contributed by atoms with van der Waals surface area (Å²) < 4.78 is 6.50. The molecule has 0 unspecified atom stereocenters. The molecule has 9 heteroatoms. The van der Waals surface area contributed by atoms with Gasteiger partial charge in [0, 0.05) is 16.6 Å². The molecular formula is C20H13Cl3N4O2. The molecule has 146 valence electrons. The monoisotopic (exact) mass is 446 g/mol. The van der Waals surface area contributed by atoms with Crippen LogP contribution in [0.1, 0.15) is 15.9 Å². The number of anilines is 1. The molecule has 0 amide bonds. The maximum Gasteiger partial charge on any atom is 0.282 e. The van der Waals surface area contributed by atoms with Gasteiger partial charge in [-0.2, -0.15) is 9.67 Å². The molecule has 2 aromatic carbocycles. The molecule has 0 atom stereocenters. The minimum Gasteiger partial charge on any atom is -0.461 e. The van der Waals surface area contributed by atoms with Gasteiger partial charge in [0.1, 0.15) is 0 Å². The number of nitrogens with zero attached hydrogens (tertiary/aromatic N) is 3. The second-order valence-electron chi connectivity index (χ2n) is 6.02. The van der Waals surface area contributed by atoms with Crippen molar-refractivity contribution in [2.75, 3.05) is 5.32 Å². The first-order valence-corrected chi connectivity index (χ1v) is 9.64. The highest BCUT2D eigenvalue weighted by Gasteiger charge is 2.22. The van der Waals surface area contributed by atoms with Crippen LogP contribution < -0.4 is 5.32 Å². The first-order valence-electron chi connectivity index (χ1n) is 8.51. The van der Waals surface area contributed by atoms with E-state index >= 15 is 0 Å². The number of aromatic nitrogens is 3. The fourth-order valence-electron chi connectivity index (χ4n) is 2.67. The number of halogens is 3. The zero-order valence-corrected chi connectivity index (χ0v) is 17.0. The van der Waals surface area contributed by atoms with Gasteiger partial charge in [0.05, 0.1) is 16.8 Å². The van der Waals surface area contributed by atoms with Crippen molar-refractivity contribution in [3.63, 3.8) is 0 Å². The summed E-state index contributed by atoms with van der Waals surface area (Å²) in [5.74, 6) is 0.459. The van der Waals surface area contributed by atoms with Crippen LogP contribution in [0.3, 0.4) is 0 Å². The molecule has 0 bridgehead atoms. The number of hydrogen-bond acceptors (Lipinski definition) is 5. The number of benzene rings is 2.